The Morgan fingerprint density at radius 2 is 2.18 bits per heavy atom. The van der Waals surface area contributed by atoms with E-state index < -0.39 is 0 Å². The summed E-state index contributed by atoms with van der Waals surface area (Å²) in [4.78, 5) is 12.8. The lowest BCUT2D eigenvalue weighted by Crippen LogP contribution is -2.29. The lowest BCUT2D eigenvalue weighted by Gasteiger charge is -2.27. The highest BCUT2D eigenvalue weighted by Gasteiger charge is 2.20. The molecule has 0 fully saturated rings. The van der Waals surface area contributed by atoms with E-state index in [9.17, 15) is 9.18 Å². The molecular weight excluding hydrogens is 221 g/mol. The minimum atomic E-state index is -0.378. The first-order chi connectivity index (χ1) is 8.01. The molecule has 0 saturated heterocycles. The Kier molecular flexibility index (Phi) is 4.63. The molecule has 0 heterocycles. The summed E-state index contributed by atoms with van der Waals surface area (Å²) in [5.74, 6) is -0.473. The second kappa shape index (κ2) is 5.77. The van der Waals surface area contributed by atoms with Crippen LogP contribution in [-0.4, -0.2) is 23.0 Å². The molecular formula is C13H18FNO2. The number of halogens is 1. The van der Waals surface area contributed by atoms with E-state index in [-0.39, 0.29) is 24.4 Å². The number of aliphatic hydroxyl groups is 1. The van der Waals surface area contributed by atoms with Gasteiger partial charge in [-0.2, -0.15) is 0 Å². The van der Waals surface area contributed by atoms with Gasteiger partial charge in [0, 0.05) is 19.5 Å². The van der Waals surface area contributed by atoms with Gasteiger partial charge in [0.15, 0.2) is 0 Å². The molecule has 17 heavy (non-hydrogen) atoms. The van der Waals surface area contributed by atoms with E-state index in [2.05, 4.69) is 0 Å². The summed E-state index contributed by atoms with van der Waals surface area (Å²) in [5, 5.41) is 8.91. The van der Waals surface area contributed by atoms with E-state index in [1.165, 1.54) is 17.9 Å². The van der Waals surface area contributed by atoms with Crippen molar-refractivity contribution in [1.82, 2.24) is 4.90 Å². The first-order valence-corrected chi connectivity index (χ1v) is 5.63. The van der Waals surface area contributed by atoms with Crippen molar-refractivity contribution >= 4 is 5.91 Å². The number of aliphatic hydroxyl groups excluding tert-OH is 1. The summed E-state index contributed by atoms with van der Waals surface area (Å²) in [5.41, 5.74) is 1.02. The fraction of sp³-hybridized carbons (Fsp3) is 0.462. The van der Waals surface area contributed by atoms with Crippen LogP contribution >= 0.6 is 0 Å². The number of carbonyl (C=O) groups is 1. The summed E-state index contributed by atoms with van der Waals surface area (Å²) >= 11 is 0. The van der Waals surface area contributed by atoms with Gasteiger partial charge in [0.1, 0.15) is 5.82 Å². The van der Waals surface area contributed by atoms with Crippen LogP contribution in [-0.2, 0) is 11.4 Å². The third-order valence-corrected chi connectivity index (χ3v) is 2.96. The van der Waals surface area contributed by atoms with Gasteiger partial charge < -0.3 is 10.0 Å². The third-order valence-electron chi connectivity index (χ3n) is 2.96. The van der Waals surface area contributed by atoms with Gasteiger partial charge in [-0.05, 0) is 18.1 Å². The highest BCUT2D eigenvalue weighted by Crippen LogP contribution is 2.26. The van der Waals surface area contributed by atoms with Gasteiger partial charge in [-0.1, -0.05) is 19.1 Å². The zero-order valence-corrected chi connectivity index (χ0v) is 10.4. The van der Waals surface area contributed by atoms with Crippen molar-refractivity contribution < 1.29 is 14.3 Å². The summed E-state index contributed by atoms with van der Waals surface area (Å²) in [6, 6.07) is 4.36. The Bertz CT molecular complexity index is 406. The first-order valence-electron chi connectivity index (χ1n) is 5.63. The normalized spacial score (nSPS) is 12.3. The number of carbonyl (C=O) groups excluding carboxylic acids is 1. The fourth-order valence-electron chi connectivity index (χ4n) is 1.86. The Balaban J connectivity index is 3.08. The summed E-state index contributed by atoms with van der Waals surface area (Å²) in [6.45, 7) is 3.18. The van der Waals surface area contributed by atoms with E-state index in [4.69, 9.17) is 5.11 Å². The lowest BCUT2D eigenvalue weighted by atomic mass is 10.0. The molecule has 1 aromatic carbocycles. The molecule has 1 aromatic rings. The number of benzene rings is 1. The van der Waals surface area contributed by atoms with E-state index in [1.54, 1.807) is 19.2 Å². The van der Waals surface area contributed by atoms with Crippen molar-refractivity contribution in [3.8, 4) is 0 Å². The highest BCUT2D eigenvalue weighted by molar-refractivity contribution is 5.73. The molecule has 4 heteroatoms. The minimum absolute atomic E-state index is 0.0949. The summed E-state index contributed by atoms with van der Waals surface area (Å²) < 4.78 is 13.8. The molecule has 1 unspecified atom stereocenters. The quantitative estimate of drug-likeness (QED) is 0.875. The van der Waals surface area contributed by atoms with E-state index in [0.29, 0.717) is 17.5 Å². The van der Waals surface area contributed by atoms with Gasteiger partial charge in [-0.25, -0.2) is 4.39 Å². The molecule has 0 bridgehead atoms. The molecule has 0 aliphatic carbocycles. The molecule has 0 aliphatic heterocycles. The molecule has 0 spiro atoms. The van der Waals surface area contributed by atoms with Gasteiger partial charge in [0.2, 0.25) is 5.91 Å². The van der Waals surface area contributed by atoms with Crippen molar-refractivity contribution in [2.45, 2.75) is 32.9 Å². The molecule has 0 radical (unpaired) electrons. The second-order valence-corrected chi connectivity index (χ2v) is 4.07. The molecule has 0 aromatic heterocycles. The Labute approximate surface area is 101 Å². The van der Waals surface area contributed by atoms with Gasteiger partial charge in [0.05, 0.1) is 12.6 Å². The molecule has 1 rings (SSSR count). The Morgan fingerprint density at radius 1 is 1.53 bits per heavy atom. The van der Waals surface area contributed by atoms with Gasteiger partial charge >= 0.3 is 0 Å². The van der Waals surface area contributed by atoms with Crippen LogP contribution in [0.2, 0.25) is 0 Å². The lowest BCUT2D eigenvalue weighted by molar-refractivity contribution is -0.129. The maximum atomic E-state index is 13.8. The maximum Gasteiger partial charge on any atom is 0.219 e. The van der Waals surface area contributed by atoms with Gasteiger partial charge in [0.25, 0.3) is 0 Å². The molecule has 0 aliphatic rings. The van der Waals surface area contributed by atoms with Crippen LogP contribution in [0, 0.1) is 5.82 Å². The molecule has 1 amide bonds. The highest BCUT2D eigenvalue weighted by atomic mass is 19.1. The zero-order valence-electron chi connectivity index (χ0n) is 10.4. The third kappa shape index (κ3) is 3.03. The van der Waals surface area contributed by atoms with Crippen LogP contribution in [0.25, 0.3) is 0 Å². The Morgan fingerprint density at radius 3 is 2.59 bits per heavy atom. The van der Waals surface area contributed by atoms with Crippen LogP contribution < -0.4 is 0 Å². The van der Waals surface area contributed by atoms with Crippen molar-refractivity contribution in [3.63, 3.8) is 0 Å². The average Bonchev–Trinajstić information content (AvgIpc) is 2.31. The van der Waals surface area contributed by atoms with Crippen LogP contribution in [0.3, 0.4) is 0 Å². The number of nitrogens with zero attached hydrogens (tertiary/aromatic N) is 1. The Hall–Kier alpha value is -1.42. The summed E-state index contributed by atoms with van der Waals surface area (Å²) in [7, 11) is 1.66. The molecule has 1 N–H and O–H groups in total. The van der Waals surface area contributed by atoms with Crippen LogP contribution in [0.4, 0.5) is 4.39 Å². The molecule has 94 valence electrons. The van der Waals surface area contributed by atoms with Crippen LogP contribution in [0.5, 0.6) is 0 Å². The monoisotopic (exact) mass is 239 g/mol. The van der Waals surface area contributed by atoms with Crippen molar-refractivity contribution in [1.29, 1.82) is 0 Å². The number of rotatable bonds is 4. The standard InChI is InChI=1S/C13H18FNO2/c1-4-13(15(3)9(2)17)11-6-5-10(8-16)7-12(11)14/h5-7,13,16H,4,8H2,1-3H3. The predicted molar refractivity (Wildman–Crippen MR) is 63.8 cm³/mol. The van der Waals surface area contributed by atoms with E-state index in [0.717, 1.165) is 0 Å². The molecule has 0 saturated carbocycles. The predicted octanol–water partition coefficient (Wildman–Crippen LogP) is 2.25. The minimum Gasteiger partial charge on any atom is -0.392 e. The SMILES string of the molecule is CCC(c1ccc(CO)cc1F)N(C)C(C)=O. The average molecular weight is 239 g/mol. The van der Waals surface area contributed by atoms with Crippen molar-refractivity contribution in [3.05, 3.63) is 35.1 Å². The molecule has 3 nitrogen and oxygen atoms in total. The largest absolute Gasteiger partial charge is 0.392 e. The second-order valence-electron chi connectivity index (χ2n) is 4.07. The zero-order chi connectivity index (χ0) is 13.0. The summed E-state index contributed by atoms with van der Waals surface area (Å²) in [6.07, 6.45) is 0.644. The number of hydrogen-bond acceptors (Lipinski definition) is 2. The van der Waals surface area contributed by atoms with Gasteiger partial charge in [-0.15, -0.1) is 0 Å². The number of amides is 1. The molecule has 1 atom stereocenters. The first kappa shape index (κ1) is 13.6. The number of hydrogen-bond donors (Lipinski definition) is 1. The van der Waals surface area contributed by atoms with Crippen molar-refractivity contribution in [2.24, 2.45) is 0 Å². The maximum absolute atomic E-state index is 13.8. The smallest absolute Gasteiger partial charge is 0.219 e. The van der Waals surface area contributed by atoms with Gasteiger partial charge in [-0.3, -0.25) is 4.79 Å². The van der Waals surface area contributed by atoms with Crippen molar-refractivity contribution in [2.75, 3.05) is 7.05 Å². The fourth-order valence-corrected chi connectivity index (χ4v) is 1.86. The van der Waals surface area contributed by atoms with Crippen LogP contribution in [0.15, 0.2) is 18.2 Å². The van der Waals surface area contributed by atoms with E-state index >= 15 is 0 Å². The topological polar surface area (TPSA) is 40.5 Å². The van der Waals surface area contributed by atoms with Crippen LogP contribution in [0.1, 0.15) is 37.4 Å². The van der Waals surface area contributed by atoms with E-state index in [1.807, 2.05) is 6.92 Å².